The summed E-state index contributed by atoms with van der Waals surface area (Å²) in [6, 6.07) is 12.2. The van der Waals surface area contributed by atoms with Crippen LogP contribution in [0.4, 0.5) is 5.69 Å². The van der Waals surface area contributed by atoms with Crippen LogP contribution in [0.15, 0.2) is 36.4 Å². The molecule has 2 aromatic rings. The number of benzene rings is 2. The van der Waals surface area contributed by atoms with E-state index in [9.17, 15) is 4.79 Å². The second-order valence-corrected chi connectivity index (χ2v) is 7.83. The highest BCUT2D eigenvalue weighted by atomic mass is 16.5. The number of nitrogens with zero attached hydrogens (tertiary/aromatic N) is 1. The molecule has 1 heterocycles. The zero-order valence-corrected chi connectivity index (χ0v) is 18.1. The van der Waals surface area contributed by atoms with Gasteiger partial charge in [-0.3, -0.25) is 9.69 Å². The van der Waals surface area contributed by atoms with Gasteiger partial charge in [-0.25, -0.2) is 0 Å². The van der Waals surface area contributed by atoms with Crippen LogP contribution in [0.1, 0.15) is 56.1 Å². The van der Waals surface area contributed by atoms with Crippen LogP contribution >= 0.6 is 0 Å². The van der Waals surface area contributed by atoms with E-state index in [1.165, 1.54) is 5.56 Å². The number of amides is 1. The Labute approximate surface area is 174 Å². The summed E-state index contributed by atoms with van der Waals surface area (Å²) in [5.41, 5.74) is 3.59. The van der Waals surface area contributed by atoms with Crippen molar-refractivity contribution >= 4 is 11.6 Å². The van der Waals surface area contributed by atoms with E-state index in [2.05, 4.69) is 31.0 Å². The molecule has 1 amide bonds. The summed E-state index contributed by atoms with van der Waals surface area (Å²) in [4.78, 5) is 15.2. The molecule has 5 heteroatoms. The van der Waals surface area contributed by atoms with E-state index in [4.69, 9.17) is 9.47 Å². The lowest BCUT2D eigenvalue weighted by atomic mass is 10.1. The molecule has 1 N–H and O–H groups in total. The number of nitrogens with one attached hydrogen (secondary N) is 1. The molecule has 156 valence electrons. The van der Waals surface area contributed by atoms with E-state index in [1.54, 1.807) is 0 Å². The fourth-order valence-corrected chi connectivity index (χ4v) is 3.66. The predicted molar refractivity (Wildman–Crippen MR) is 117 cm³/mol. The molecule has 1 atom stereocenters. The molecule has 1 aliphatic rings. The molecule has 0 saturated carbocycles. The summed E-state index contributed by atoms with van der Waals surface area (Å²) in [6.07, 6.45) is 1.00. The Morgan fingerprint density at radius 1 is 1.24 bits per heavy atom. The van der Waals surface area contributed by atoms with Gasteiger partial charge < -0.3 is 14.8 Å². The molecule has 2 aromatic carbocycles. The van der Waals surface area contributed by atoms with Crippen molar-refractivity contribution in [1.82, 2.24) is 4.90 Å². The smallest absolute Gasteiger partial charge is 0.255 e. The third-order valence-corrected chi connectivity index (χ3v) is 5.28. The quantitative estimate of drug-likeness (QED) is 0.690. The van der Waals surface area contributed by atoms with Crippen molar-refractivity contribution in [2.75, 3.05) is 18.5 Å². The van der Waals surface area contributed by atoms with Crippen molar-refractivity contribution in [2.24, 2.45) is 0 Å². The Balaban J connectivity index is 1.74. The second kappa shape index (κ2) is 9.31. The van der Waals surface area contributed by atoms with Gasteiger partial charge >= 0.3 is 0 Å². The maximum atomic E-state index is 12.8. The highest BCUT2D eigenvalue weighted by Crippen LogP contribution is 2.38. The van der Waals surface area contributed by atoms with Crippen LogP contribution < -0.4 is 14.8 Å². The summed E-state index contributed by atoms with van der Waals surface area (Å²) in [6.45, 7) is 13.0. The van der Waals surface area contributed by atoms with E-state index in [1.807, 2.05) is 50.2 Å². The van der Waals surface area contributed by atoms with Gasteiger partial charge in [0.05, 0.1) is 12.3 Å². The van der Waals surface area contributed by atoms with Gasteiger partial charge in [0.2, 0.25) is 0 Å². The SMILES string of the molecule is CCOc1cc2c(cc1NC(=O)c1ccc(CN(CC)C(C)C)cc1)OC(C)C2. The number of hydrogen-bond acceptors (Lipinski definition) is 4. The monoisotopic (exact) mass is 396 g/mol. The number of carbonyl (C=O) groups is 1. The fourth-order valence-electron chi connectivity index (χ4n) is 3.66. The third-order valence-electron chi connectivity index (χ3n) is 5.28. The first-order valence-electron chi connectivity index (χ1n) is 10.5. The number of ether oxygens (including phenoxy) is 2. The van der Waals surface area contributed by atoms with Gasteiger partial charge in [-0.2, -0.15) is 0 Å². The first-order valence-corrected chi connectivity index (χ1v) is 10.5. The van der Waals surface area contributed by atoms with E-state index in [-0.39, 0.29) is 12.0 Å². The number of rotatable bonds is 8. The fraction of sp³-hybridized carbons (Fsp3) is 0.458. The lowest BCUT2D eigenvalue weighted by molar-refractivity contribution is 0.102. The predicted octanol–water partition coefficient (Wildman–Crippen LogP) is 4.89. The molecule has 5 nitrogen and oxygen atoms in total. The van der Waals surface area contributed by atoms with Crippen LogP contribution in [-0.4, -0.2) is 36.1 Å². The molecule has 0 aliphatic carbocycles. The minimum Gasteiger partial charge on any atom is -0.492 e. The van der Waals surface area contributed by atoms with E-state index >= 15 is 0 Å². The molecule has 1 unspecified atom stereocenters. The Bertz CT molecular complexity index is 846. The summed E-state index contributed by atoms with van der Waals surface area (Å²) in [5, 5.41) is 2.99. The van der Waals surface area contributed by atoms with Gasteiger partial charge in [-0.15, -0.1) is 0 Å². The van der Waals surface area contributed by atoms with Crippen molar-refractivity contribution in [3.63, 3.8) is 0 Å². The maximum Gasteiger partial charge on any atom is 0.255 e. The minimum absolute atomic E-state index is 0.145. The Morgan fingerprint density at radius 3 is 2.59 bits per heavy atom. The third kappa shape index (κ3) is 5.10. The van der Waals surface area contributed by atoms with Crippen LogP contribution in [0.5, 0.6) is 11.5 Å². The Morgan fingerprint density at radius 2 is 1.97 bits per heavy atom. The number of fused-ring (bicyclic) bond motifs is 1. The first kappa shape index (κ1) is 21.2. The van der Waals surface area contributed by atoms with Crippen LogP contribution in [0.25, 0.3) is 0 Å². The molecule has 0 spiro atoms. The molecule has 0 fully saturated rings. The van der Waals surface area contributed by atoms with Crippen molar-refractivity contribution in [3.8, 4) is 11.5 Å². The summed E-state index contributed by atoms with van der Waals surface area (Å²) < 4.78 is 11.6. The minimum atomic E-state index is -0.153. The topological polar surface area (TPSA) is 50.8 Å². The zero-order valence-electron chi connectivity index (χ0n) is 18.1. The van der Waals surface area contributed by atoms with Gasteiger partial charge in [-0.05, 0) is 58.0 Å². The van der Waals surface area contributed by atoms with Gasteiger partial charge in [0.25, 0.3) is 5.91 Å². The summed E-state index contributed by atoms with van der Waals surface area (Å²) >= 11 is 0. The van der Waals surface area contributed by atoms with Crippen molar-refractivity contribution in [3.05, 3.63) is 53.1 Å². The highest BCUT2D eigenvalue weighted by Gasteiger charge is 2.23. The van der Waals surface area contributed by atoms with Crippen molar-refractivity contribution < 1.29 is 14.3 Å². The molecule has 0 aromatic heterocycles. The highest BCUT2D eigenvalue weighted by molar-refractivity contribution is 6.05. The lowest BCUT2D eigenvalue weighted by Gasteiger charge is -2.24. The molecular weight excluding hydrogens is 364 g/mol. The van der Waals surface area contributed by atoms with Crippen LogP contribution in [-0.2, 0) is 13.0 Å². The maximum absolute atomic E-state index is 12.8. The van der Waals surface area contributed by atoms with Gasteiger partial charge in [0, 0.05) is 36.2 Å². The normalized spacial score (nSPS) is 15.3. The number of hydrogen-bond donors (Lipinski definition) is 1. The van der Waals surface area contributed by atoms with Crippen molar-refractivity contribution in [1.29, 1.82) is 0 Å². The van der Waals surface area contributed by atoms with Crippen molar-refractivity contribution in [2.45, 2.75) is 59.7 Å². The molecule has 0 bridgehead atoms. The van der Waals surface area contributed by atoms with Gasteiger partial charge in [0.1, 0.15) is 17.6 Å². The van der Waals surface area contributed by atoms with E-state index < -0.39 is 0 Å². The average molecular weight is 397 g/mol. The molecule has 1 aliphatic heterocycles. The summed E-state index contributed by atoms with van der Waals surface area (Å²) in [7, 11) is 0. The Kier molecular flexibility index (Phi) is 6.80. The molecule has 0 saturated heterocycles. The largest absolute Gasteiger partial charge is 0.492 e. The lowest BCUT2D eigenvalue weighted by Crippen LogP contribution is -2.29. The molecule has 0 radical (unpaired) electrons. The molecular formula is C24H32N2O3. The van der Waals surface area contributed by atoms with E-state index in [0.29, 0.717) is 29.6 Å². The van der Waals surface area contributed by atoms with Crippen LogP contribution in [0, 0.1) is 0 Å². The standard InChI is InChI=1S/C24H32N2O3/c1-6-26(16(3)4)15-18-8-10-19(11-9-18)24(27)25-21-14-22-20(12-17(5)29-22)13-23(21)28-7-2/h8-11,13-14,16-17H,6-7,12,15H2,1-5H3,(H,25,27). The number of anilines is 1. The van der Waals surface area contributed by atoms with Crippen LogP contribution in [0.3, 0.4) is 0 Å². The average Bonchev–Trinajstić information content (AvgIpc) is 3.05. The van der Waals surface area contributed by atoms with Crippen LogP contribution in [0.2, 0.25) is 0 Å². The summed E-state index contributed by atoms with van der Waals surface area (Å²) in [5.74, 6) is 1.35. The number of carbonyl (C=O) groups excluding carboxylic acids is 1. The van der Waals surface area contributed by atoms with Gasteiger partial charge in [0.15, 0.2) is 0 Å². The molecule has 3 rings (SSSR count). The van der Waals surface area contributed by atoms with Gasteiger partial charge in [-0.1, -0.05) is 19.1 Å². The zero-order chi connectivity index (χ0) is 21.0. The second-order valence-electron chi connectivity index (χ2n) is 7.83. The first-order chi connectivity index (χ1) is 13.9. The van der Waals surface area contributed by atoms with E-state index in [0.717, 1.165) is 30.8 Å². The Hall–Kier alpha value is -2.53. The molecule has 29 heavy (non-hydrogen) atoms.